The lowest BCUT2D eigenvalue weighted by molar-refractivity contribution is -0.119. The molecule has 0 spiro atoms. The molecule has 0 aromatic heterocycles. The number of Topliss-reactive ketones (excluding diaryl/α,β-unsaturated/α-hetero) is 1. The van der Waals surface area contributed by atoms with Crippen LogP contribution >= 0.6 is 0 Å². The Kier molecular flexibility index (Phi) is 2.91. The summed E-state index contributed by atoms with van der Waals surface area (Å²) in [6.45, 7) is 2.13. The van der Waals surface area contributed by atoms with Crippen molar-refractivity contribution in [1.29, 1.82) is 0 Å². The molecule has 0 atom stereocenters. The van der Waals surface area contributed by atoms with Crippen molar-refractivity contribution < 1.29 is 4.79 Å². The fourth-order valence-electron chi connectivity index (χ4n) is 1.12. The molecule has 0 radical (unpaired) electrons. The van der Waals surface area contributed by atoms with Crippen molar-refractivity contribution in [3.8, 4) is 0 Å². The highest BCUT2D eigenvalue weighted by Crippen LogP contribution is 2.32. The molecule has 58 valence electrons. The molecule has 0 aromatic carbocycles. The summed E-state index contributed by atoms with van der Waals surface area (Å²) < 4.78 is 0. The molecular weight excluding hydrogens is 124 g/mol. The van der Waals surface area contributed by atoms with Crippen molar-refractivity contribution in [2.75, 3.05) is 0 Å². The summed E-state index contributed by atoms with van der Waals surface area (Å²) in [5.41, 5.74) is 0. The molecule has 0 N–H and O–H groups in total. The van der Waals surface area contributed by atoms with Gasteiger partial charge in [-0.1, -0.05) is 13.3 Å². The first-order valence-corrected chi connectivity index (χ1v) is 4.34. The minimum atomic E-state index is 0.490. The van der Waals surface area contributed by atoms with Crippen LogP contribution in [0.2, 0.25) is 0 Å². The van der Waals surface area contributed by atoms with Gasteiger partial charge in [0.1, 0.15) is 5.78 Å². The van der Waals surface area contributed by atoms with E-state index in [1.54, 1.807) is 0 Å². The Morgan fingerprint density at radius 3 is 2.70 bits per heavy atom. The molecule has 1 aliphatic rings. The minimum absolute atomic E-state index is 0.490. The quantitative estimate of drug-likeness (QED) is 0.573. The van der Waals surface area contributed by atoms with Crippen LogP contribution in [0.1, 0.15) is 45.4 Å². The van der Waals surface area contributed by atoms with Gasteiger partial charge < -0.3 is 0 Å². The van der Waals surface area contributed by atoms with Gasteiger partial charge >= 0.3 is 0 Å². The van der Waals surface area contributed by atoms with Gasteiger partial charge in [0.25, 0.3) is 0 Å². The summed E-state index contributed by atoms with van der Waals surface area (Å²) in [5.74, 6) is 1.27. The molecule has 0 aromatic rings. The fourth-order valence-corrected chi connectivity index (χ4v) is 1.12. The van der Waals surface area contributed by atoms with E-state index in [1.807, 2.05) is 0 Å². The number of unbranched alkanes of at least 4 members (excludes halogenated alkanes) is 1. The van der Waals surface area contributed by atoms with E-state index in [2.05, 4.69) is 6.92 Å². The van der Waals surface area contributed by atoms with Crippen molar-refractivity contribution in [3.63, 3.8) is 0 Å². The van der Waals surface area contributed by atoms with Crippen LogP contribution in [0.15, 0.2) is 0 Å². The van der Waals surface area contributed by atoms with E-state index in [0.717, 1.165) is 31.6 Å². The summed E-state index contributed by atoms with van der Waals surface area (Å²) >= 11 is 0. The molecule has 0 aliphatic heterocycles. The van der Waals surface area contributed by atoms with Crippen LogP contribution in [0.5, 0.6) is 0 Å². The van der Waals surface area contributed by atoms with Crippen LogP contribution in [-0.4, -0.2) is 5.78 Å². The largest absolute Gasteiger partial charge is 0.300 e. The zero-order valence-electron chi connectivity index (χ0n) is 6.73. The Balaban J connectivity index is 1.97. The molecule has 0 bridgehead atoms. The van der Waals surface area contributed by atoms with Gasteiger partial charge in [0.2, 0.25) is 0 Å². The van der Waals surface area contributed by atoms with E-state index in [9.17, 15) is 4.79 Å². The van der Waals surface area contributed by atoms with Gasteiger partial charge in [0.05, 0.1) is 0 Å². The molecular formula is C9H16O. The summed E-state index contributed by atoms with van der Waals surface area (Å²) in [4.78, 5) is 11.1. The molecule has 1 rings (SSSR count). The fraction of sp³-hybridized carbons (Fsp3) is 0.889. The zero-order valence-corrected chi connectivity index (χ0v) is 6.73. The Hall–Kier alpha value is -0.330. The number of hydrogen-bond donors (Lipinski definition) is 0. The van der Waals surface area contributed by atoms with E-state index in [-0.39, 0.29) is 0 Å². The molecule has 0 unspecified atom stereocenters. The van der Waals surface area contributed by atoms with Gasteiger partial charge in [-0.25, -0.2) is 0 Å². The second-order valence-corrected chi connectivity index (χ2v) is 3.29. The van der Waals surface area contributed by atoms with Crippen LogP contribution in [0, 0.1) is 5.92 Å². The topological polar surface area (TPSA) is 17.1 Å². The Morgan fingerprint density at radius 2 is 2.20 bits per heavy atom. The number of carbonyl (C=O) groups is 1. The average molecular weight is 140 g/mol. The molecule has 1 heteroatoms. The summed E-state index contributed by atoms with van der Waals surface area (Å²) in [6, 6.07) is 0. The van der Waals surface area contributed by atoms with E-state index >= 15 is 0 Å². The molecule has 1 aliphatic carbocycles. The van der Waals surface area contributed by atoms with Gasteiger partial charge in [0.15, 0.2) is 0 Å². The molecule has 1 nitrogen and oxygen atoms in total. The molecule has 10 heavy (non-hydrogen) atoms. The van der Waals surface area contributed by atoms with Crippen LogP contribution < -0.4 is 0 Å². The van der Waals surface area contributed by atoms with E-state index in [4.69, 9.17) is 0 Å². The lowest BCUT2D eigenvalue weighted by Gasteiger charge is -1.95. The molecule has 0 saturated heterocycles. The molecule has 1 saturated carbocycles. The molecule has 1 fully saturated rings. The van der Waals surface area contributed by atoms with E-state index in [1.165, 1.54) is 12.8 Å². The lowest BCUT2D eigenvalue weighted by atomic mass is 10.1. The number of rotatable bonds is 5. The Morgan fingerprint density at radius 1 is 1.50 bits per heavy atom. The van der Waals surface area contributed by atoms with Gasteiger partial charge in [0, 0.05) is 12.8 Å². The van der Waals surface area contributed by atoms with Crippen molar-refractivity contribution >= 4 is 5.78 Å². The second kappa shape index (κ2) is 3.75. The highest BCUT2D eigenvalue weighted by molar-refractivity contribution is 5.78. The predicted molar refractivity (Wildman–Crippen MR) is 41.9 cm³/mol. The Bertz CT molecular complexity index is 114. The number of hydrogen-bond acceptors (Lipinski definition) is 1. The van der Waals surface area contributed by atoms with Crippen LogP contribution in [0.25, 0.3) is 0 Å². The third-order valence-corrected chi connectivity index (χ3v) is 2.02. The normalized spacial score (nSPS) is 17.3. The smallest absolute Gasteiger partial charge is 0.133 e. The standard InChI is InChI=1S/C9H16O/c1-2-3-4-9(10)7-8-5-6-8/h8H,2-7H2,1H3. The van der Waals surface area contributed by atoms with E-state index in [0.29, 0.717) is 5.78 Å². The SMILES string of the molecule is CCCCC(=O)CC1CC1. The highest BCUT2D eigenvalue weighted by atomic mass is 16.1. The van der Waals surface area contributed by atoms with Crippen molar-refractivity contribution in [3.05, 3.63) is 0 Å². The van der Waals surface area contributed by atoms with Crippen LogP contribution in [0.3, 0.4) is 0 Å². The monoisotopic (exact) mass is 140 g/mol. The first-order chi connectivity index (χ1) is 4.83. The summed E-state index contributed by atoms with van der Waals surface area (Å²) in [6.07, 6.45) is 6.55. The maximum absolute atomic E-state index is 11.1. The van der Waals surface area contributed by atoms with Gasteiger partial charge in [-0.05, 0) is 25.2 Å². The van der Waals surface area contributed by atoms with Crippen molar-refractivity contribution in [1.82, 2.24) is 0 Å². The van der Waals surface area contributed by atoms with Gasteiger partial charge in [-0.3, -0.25) is 4.79 Å². The van der Waals surface area contributed by atoms with Gasteiger partial charge in [-0.2, -0.15) is 0 Å². The second-order valence-electron chi connectivity index (χ2n) is 3.29. The number of ketones is 1. The Labute approximate surface area is 62.8 Å². The van der Waals surface area contributed by atoms with Crippen molar-refractivity contribution in [2.24, 2.45) is 5.92 Å². The number of carbonyl (C=O) groups excluding carboxylic acids is 1. The van der Waals surface area contributed by atoms with Crippen LogP contribution in [-0.2, 0) is 4.79 Å². The minimum Gasteiger partial charge on any atom is -0.300 e. The summed E-state index contributed by atoms with van der Waals surface area (Å²) in [7, 11) is 0. The lowest BCUT2D eigenvalue weighted by Crippen LogP contribution is -1.97. The highest BCUT2D eigenvalue weighted by Gasteiger charge is 2.23. The third kappa shape index (κ3) is 3.00. The van der Waals surface area contributed by atoms with Gasteiger partial charge in [-0.15, -0.1) is 0 Å². The average Bonchev–Trinajstić information content (AvgIpc) is 2.67. The van der Waals surface area contributed by atoms with Crippen molar-refractivity contribution in [2.45, 2.75) is 45.4 Å². The predicted octanol–water partition coefficient (Wildman–Crippen LogP) is 2.55. The van der Waals surface area contributed by atoms with Crippen LogP contribution in [0.4, 0.5) is 0 Å². The maximum atomic E-state index is 11.1. The molecule has 0 amide bonds. The first kappa shape index (κ1) is 7.77. The van der Waals surface area contributed by atoms with E-state index < -0.39 is 0 Å². The summed E-state index contributed by atoms with van der Waals surface area (Å²) in [5, 5.41) is 0. The molecule has 0 heterocycles. The maximum Gasteiger partial charge on any atom is 0.133 e. The zero-order chi connectivity index (χ0) is 7.40. The third-order valence-electron chi connectivity index (χ3n) is 2.02. The first-order valence-electron chi connectivity index (χ1n) is 4.34.